The van der Waals surface area contributed by atoms with Crippen molar-refractivity contribution in [1.82, 2.24) is 4.98 Å². The Labute approximate surface area is 127 Å². The predicted molar refractivity (Wildman–Crippen MR) is 79.7 cm³/mol. The van der Waals surface area contributed by atoms with Crippen LogP contribution in [0.3, 0.4) is 0 Å². The average molecular weight is 299 g/mol. The molecule has 2 aliphatic carbocycles. The number of nitrogens with one attached hydrogen (secondary N) is 1. The van der Waals surface area contributed by atoms with Crippen LogP contribution in [0.2, 0.25) is 0 Å². The molecule has 0 atom stereocenters. The van der Waals surface area contributed by atoms with Gasteiger partial charge in [-0.15, -0.1) is 0 Å². The third kappa shape index (κ3) is 1.94. The molecule has 1 heterocycles. The number of aromatic nitrogens is 1. The van der Waals surface area contributed by atoms with Crippen LogP contribution in [0.4, 0.5) is 14.6 Å². The fourth-order valence-corrected chi connectivity index (χ4v) is 3.59. The molecule has 0 aliphatic heterocycles. The maximum absolute atomic E-state index is 13.2. The van der Waals surface area contributed by atoms with Crippen molar-refractivity contribution in [3.8, 4) is 6.07 Å². The van der Waals surface area contributed by atoms with E-state index in [9.17, 15) is 14.0 Å². The Morgan fingerprint density at radius 1 is 1.32 bits per heavy atom. The van der Waals surface area contributed by atoms with E-state index in [1.165, 1.54) is 0 Å². The van der Waals surface area contributed by atoms with Gasteiger partial charge >= 0.3 is 0 Å². The normalized spacial score (nSPS) is 28.1. The lowest BCUT2D eigenvalue weighted by Gasteiger charge is -2.36. The monoisotopic (exact) mass is 299 g/mol. The van der Waals surface area contributed by atoms with Crippen LogP contribution in [0.15, 0.2) is 30.3 Å². The lowest BCUT2D eigenvalue weighted by Crippen LogP contribution is -2.34. The molecule has 0 radical (unpaired) electrons. The number of anilines is 1. The van der Waals surface area contributed by atoms with E-state index in [1.54, 1.807) is 0 Å². The largest absolute Gasteiger partial charge is 0.369 e. The number of alkyl halides is 2. The van der Waals surface area contributed by atoms with E-state index in [4.69, 9.17) is 0 Å². The summed E-state index contributed by atoms with van der Waals surface area (Å²) in [5.41, 5.74) is 0.612. The van der Waals surface area contributed by atoms with Gasteiger partial charge in [-0.2, -0.15) is 5.26 Å². The average Bonchev–Trinajstić information content (AvgIpc) is 3.05. The maximum atomic E-state index is 13.2. The molecular formula is C17H15F2N3. The number of nitriles is 1. The lowest BCUT2D eigenvalue weighted by atomic mass is 9.71. The molecule has 112 valence electrons. The Morgan fingerprint density at radius 3 is 2.73 bits per heavy atom. The minimum Gasteiger partial charge on any atom is -0.369 e. The summed E-state index contributed by atoms with van der Waals surface area (Å²) in [4.78, 5) is 4.48. The first-order valence-corrected chi connectivity index (χ1v) is 7.45. The zero-order valence-corrected chi connectivity index (χ0v) is 11.9. The van der Waals surface area contributed by atoms with E-state index in [0.717, 1.165) is 10.9 Å². The van der Waals surface area contributed by atoms with Crippen LogP contribution in [0.1, 0.15) is 24.8 Å². The van der Waals surface area contributed by atoms with Gasteiger partial charge in [-0.05, 0) is 30.9 Å². The van der Waals surface area contributed by atoms with Crippen molar-refractivity contribution in [3.05, 3.63) is 35.9 Å². The number of nitrogens with zero attached hydrogens (tertiary/aromatic N) is 2. The quantitative estimate of drug-likeness (QED) is 0.933. The number of pyridine rings is 1. The molecule has 1 aromatic carbocycles. The first kappa shape index (κ1) is 13.4. The Balaban J connectivity index is 1.47. The molecule has 0 bridgehead atoms. The van der Waals surface area contributed by atoms with Crippen molar-refractivity contribution in [1.29, 1.82) is 5.26 Å². The van der Waals surface area contributed by atoms with E-state index in [2.05, 4.69) is 16.4 Å². The minimum atomic E-state index is -2.44. The summed E-state index contributed by atoms with van der Waals surface area (Å²) < 4.78 is 26.4. The second-order valence-corrected chi connectivity index (χ2v) is 6.51. The summed E-state index contributed by atoms with van der Waals surface area (Å²) in [7, 11) is 0. The summed E-state index contributed by atoms with van der Waals surface area (Å²) in [6.45, 7) is 0.595. The van der Waals surface area contributed by atoms with Crippen molar-refractivity contribution < 1.29 is 8.78 Å². The highest BCUT2D eigenvalue weighted by atomic mass is 19.3. The molecule has 2 aliphatic rings. The van der Waals surface area contributed by atoms with Crippen LogP contribution in [-0.2, 0) is 0 Å². The van der Waals surface area contributed by atoms with Crippen molar-refractivity contribution in [3.63, 3.8) is 0 Å². The molecule has 2 fully saturated rings. The number of para-hydroxylation sites is 1. The molecule has 1 aromatic heterocycles. The molecule has 5 heteroatoms. The summed E-state index contributed by atoms with van der Waals surface area (Å²) in [5, 5.41) is 13.3. The van der Waals surface area contributed by atoms with Gasteiger partial charge in [-0.25, -0.2) is 13.8 Å². The molecular weight excluding hydrogens is 284 g/mol. The molecule has 4 rings (SSSR count). The van der Waals surface area contributed by atoms with Gasteiger partial charge in [-0.1, -0.05) is 18.2 Å². The molecule has 2 aromatic rings. The molecule has 0 amide bonds. The first-order chi connectivity index (χ1) is 10.5. The number of hydrogen-bond acceptors (Lipinski definition) is 3. The smallest absolute Gasteiger partial charge is 0.254 e. The molecule has 0 saturated heterocycles. The molecule has 22 heavy (non-hydrogen) atoms. The number of benzene rings is 1. The number of hydrogen-bond donors (Lipinski definition) is 1. The minimum absolute atomic E-state index is 0.0498. The van der Waals surface area contributed by atoms with E-state index in [-0.39, 0.29) is 12.3 Å². The van der Waals surface area contributed by atoms with Crippen LogP contribution >= 0.6 is 0 Å². The van der Waals surface area contributed by atoms with E-state index in [1.807, 2.05) is 30.3 Å². The van der Waals surface area contributed by atoms with Crippen molar-refractivity contribution in [2.75, 3.05) is 11.9 Å². The zero-order valence-electron chi connectivity index (χ0n) is 11.9. The highest BCUT2D eigenvalue weighted by Crippen LogP contribution is 2.72. The zero-order chi connectivity index (χ0) is 15.4. The first-order valence-electron chi connectivity index (χ1n) is 7.45. The summed E-state index contributed by atoms with van der Waals surface area (Å²) >= 11 is 0. The standard InChI is InChI=1S/C17H15F2N3/c18-17(19)10-16(17)6-11(7-16)9-21-15-13(8-20)5-12-3-1-2-4-14(12)22-15/h1-5,11H,6-7,9-10H2,(H,21,22). The van der Waals surface area contributed by atoms with Gasteiger partial charge in [0.1, 0.15) is 11.9 Å². The van der Waals surface area contributed by atoms with Crippen molar-refractivity contribution in [2.45, 2.75) is 25.2 Å². The fraction of sp³-hybridized carbons (Fsp3) is 0.412. The molecule has 1 spiro atoms. The fourth-order valence-electron chi connectivity index (χ4n) is 3.59. The topological polar surface area (TPSA) is 48.7 Å². The molecule has 2 saturated carbocycles. The summed E-state index contributed by atoms with van der Waals surface area (Å²) in [6.07, 6.45) is 1.19. The Kier molecular flexibility index (Phi) is 2.68. The number of fused-ring (bicyclic) bond motifs is 1. The Morgan fingerprint density at radius 2 is 2.05 bits per heavy atom. The van der Waals surface area contributed by atoms with Crippen LogP contribution < -0.4 is 5.32 Å². The second-order valence-electron chi connectivity index (χ2n) is 6.51. The third-order valence-corrected chi connectivity index (χ3v) is 4.97. The Hall–Kier alpha value is -2.22. The predicted octanol–water partition coefficient (Wildman–Crippen LogP) is 3.95. The number of halogens is 2. The second kappa shape index (κ2) is 4.39. The molecule has 3 nitrogen and oxygen atoms in total. The SMILES string of the molecule is N#Cc1cc2ccccc2nc1NCC1CC2(C1)CC2(F)F. The van der Waals surface area contributed by atoms with E-state index in [0.29, 0.717) is 30.8 Å². The van der Waals surface area contributed by atoms with E-state index >= 15 is 0 Å². The molecule has 1 N–H and O–H groups in total. The summed E-state index contributed by atoms with van der Waals surface area (Å²) in [5.74, 6) is -1.65. The van der Waals surface area contributed by atoms with Gasteiger partial charge in [0.25, 0.3) is 5.92 Å². The highest BCUT2D eigenvalue weighted by Gasteiger charge is 2.75. The van der Waals surface area contributed by atoms with Gasteiger partial charge in [0.15, 0.2) is 0 Å². The molecule has 0 unspecified atom stereocenters. The summed E-state index contributed by atoms with van der Waals surface area (Å²) in [6, 6.07) is 11.6. The maximum Gasteiger partial charge on any atom is 0.254 e. The van der Waals surface area contributed by atoms with Gasteiger partial charge in [0, 0.05) is 23.8 Å². The van der Waals surface area contributed by atoms with Crippen molar-refractivity contribution >= 4 is 16.7 Å². The van der Waals surface area contributed by atoms with E-state index < -0.39 is 11.3 Å². The van der Waals surface area contributed by atoms with Crippen LogP contribution in [0, 0.1) is 22.7 Å². The number of rotatable bonds is 3. The van der Waals surface area contributed by atoms with Crippen LogP contribution in [0.5, 0.6) is 0 Å². The van der Waals surface area contributed by atoms with Gasteiger partial charge in [0.2, 0.25) is 0 Å². The van der Waals surface area contributed by atoms with Gasteiger partial charge in [0.05, 0.1) is 11.1 Å². The Bertz CT molecular complexity index is 788. The van der Waals surface area contributed by atoms with Crippen LogP contribution in [0.25, 0.3) is 10.9 Å². The highest BCUT2D eigenvalue weighted by molar-refractivity contribution is 5.82. The van der Waals surface area contributed by atoms with Gasteiger partial charge in [-0.3, -0.25) is 0 Å². The third-order valence-electron chi connectivity index (χ3n) is 4.97. The van der Waals surface area contributed by atoms with Crippen LogP contribution in [-0.4, -0.2) is 17.5 Å². The lowest BCUT2D eigenvalue weighted by molar-refractivity contribution is 0.00528. The van der Waals surface area contributed by atoms with Crippen molar-refractivity contribution in [2.24, 2.45) is 11.3 Å². The van der Waals surface area contributed by atoms with Gasteiger partial charge < -0.3 is 5.32 Å².